The summed E-state index contributed by atoms with van der Waals surface area (Å²) in [5.41, 5.74) is -2.22. The number of aromatic carboxylic acids is 1. The lowest BCUT2D eigenvalue weighted by molar-refractivity contribution is -0.139. The van der Waals surface area contributed by atoms with Gasteiger partial charge in [0.2, 0.25) is 17.7 Å². The van der Waals surface area contributed by atoms with Gasteiger partial charge >= 0.3 is 12.1 Å². The minimum Gasteiger partial charge on any atom is -0.478 e. The number of nitrogens with zero attached hydrogens (tertiary/aromatic N) is 4. The van der Waals surface area contributed by atoms with Crippen LogP contribution in [0, 0.1) is 17.7 Å². The number of ether oxygens (including phenoxy) is 3. The van der Waals surface area contributed by atoms with Crippen molar-refractivity contribution >= 4 is 23.5 Å². The number of methoxy groups -OCH3 is 2. The minimum absolute atomic E-state index is 0.0500. The number of hydrogen-bond donors (Lipinski definition) is 1. The number of rotatable bonds is 13. The summed E-state index contributed by atoms with van der Waals surface area (Å²) in [6.45, 7) is 4.26. The Kier molecular flexibility index (Phi) is 11.7. The molecular weight excluding hydrogens is 576 g/mol. The quantitative estimate of drug-likeness (QED) is 0.280. The Labute approximate surface area is 247 Å². The van der Waals surface area contributed by atoms with Crippen molar-refractivity contribution < 1.29 is 46.5 Å². The van der Waals surface area contributed by atoms with Crippen molar-refractivity contribution in [3.05, 3.63) is 35.3 Å². The molecule has 1 N–H and O–H groups in total. The monoisotopic (exact) mass is 614 g/mol. The Morgan fingerprint density at radius 2 is 1.74 bits per heavy atom. The summed E-state index contributed by atoms with van der Waals surface area (Å²) in [5.74, 6) is -5.08. The molecule has 1 aliphatic carbocycles. The number of alkyl halides is 3. The van der Waals surface area contributed by atoms with E-state index in [1.54, 1.807) is 7.05 Å². The highest BCUT2D eigenvalue weighted by atomic mass is 19.4. The molecule has 0 saturated heterocycles. The number of carboxylic acids is 1. The predicted octanol–water partition coefficient (Wildman–Crippen LogP) is 5.79. The van der Waals surface area contributed by atoms with Crippen LogP contribution in [0.3, 0.4) is 0 Å². The molecule has 1 aliphatic rings. The van der Waals surface area contributed by atoms with Crippen molar-refractivity contribution in [3.8, 4) is 11.6 Å². The third-order valence-corrected chi connectivity index (χ3v) is 7.38. The Balaban J connectivity index is 2.14. The van der Waals surface area contributed by atoms with Gasteiger partial charge in [0.15, 0.2) is 11.6 Å². The summed E-state index contributed by atoms with van der Waals surface area (Å²) < 4.78 is 73.0. The van der Waals surface area contributed by atoms with Crippen molar-refractivity contribution in [2.75, 3.05) is 50.8 Å². The van der Waals surface area contributed by atoms with Gasteiger partial charge in [-0.2, -0.15) is 18.2 Å². The van der Waals surface area contributed by atoms with Gasteiger partial charge in [-0.1, -0.05) is 13.8 Å². The zero-order valence-electron chi connectivity index (χ0n) is 24.9. The lowest BCUT2D eigenvalue weighted by Gasteiger charge is -2.36. The maximum Gasteiger partial charge on any atom is 0.423 e. The number of aromatic nitrogens is 2. The standard InChI is InChI=1S/C29H38F4N4O6/c1-6-11-36(3)28-34-14-21(29(31,32)33)25(35-28)43-24-12-20(27(39)40)23(13-22(24)30)37(19(15-41-4)16-42-5)26(38)18-9-7-17(2)8-10-18/h12-14,17-19H,6-11,15-16H2,1-5H3,(H,39,40)/t17-,18-. The molecule has 3 rings (SSSR count). The third kappa shape index (κ3) is 8.31. The molecule has 1 saturated carbocycles. The fourth-order valence-corrected chi connectivity index (χ4v) is 5.13. The summed E-state index contributed by atoms with van der Waals surface area (Å²) in [6, 6.07) is 0.713. The number of benzene rings is 1. The summed E-state index contributed by atoms with van der Waals surface area (Å²) in [4.78, 5) is 36.6. The van der Waals surface area contributed by atoms with E-state index >= 15 is 4.39 Å². The second-order valence-electron chi connectivity index (χ2n) is 10.7. The van der Waals surface area contributed by atoms with Crippen LogP contribution in [0.25, 0.3) is 0 Å². The molecule has 1 amide bonds. The van der Waals surface area contributed by atoms with Gasteiger partial charge in [-0.15, -0.1) is 0 Å². The molecule has 0 bridgehead atoms. The molecule has 10 nitrogen and oxygen atoms in total. The largest absolute Gasteiger partial charge is 0.478 e. The second-order valence-corrected chi connectivity index (χ2v) is 10.7. The average molecular weight is 615 g/mol. The zero-order chi connectivity index (χ0) is 31.9. The van der Waals surface area contributed by atoms with Crippen LogP contribution in [0.4, 0.5) is 29.2 Å². The molecule has 0 unspecified atom stereocenters. The van der Waals surface area contributed by atoms with E-state index < -0.39 is 58.6 Å². The summed E-state index contributed by atoms with van der Waals surface area (Å²) in [6.07, 6.45) is -1.04. The van der Waals surface area contributed by atoms with Crippen LogP contribution < -0.4 is 14.5 Å². The van der Waals surface area contributed by atoms with E-state index in [0.29, 0.717) is 37.9 Å². The maximum atomic E-state index is 15.7. The van der Waals surface area contributed by atoms with E-state index in [0.717, 1.165) is 25.0 Å². The van der Waals surface area contributed by atoms with E-state index in [1.807, 2.05) is 6.92 Å². The second kappa shape index (κ2) is 14.8. The number of anilines is 2. The van der Waals surface area contributed by atoms with Crippen LogP contribution in [0.15, 0.2) is 18.3 Å². The van der Waals surface area contributed by atoms with Crippen LogP contribution in [-0.4, -0.2) is 74.0 Å². The summed E-state index contributed by atoms with van der Waals surface area (Å²) in [5, 5.41) is 10.1. The molecule has 1 heterocycles. The Hall–Kier alpha value is -3.52. The molecule has 0 aliphatic heterocycles. The van der Waals surface area contributed by atoms with Crippen molar-refractivity contribution in [1.82, 2.24) is 9.97 Å². The number of halogens is 4. The first-order valence-electron chi connectivity index (χ1n) is 14.0. The number of hydrogen-bond acceptors (Lipinski definition) is 8. The molecule has 0 spiro atoms. The molecule has 14 heteroatoms. The zero-order valence-corrected chi connectivity index (χ0v) is 24.9. The fraction of sp³-hybridized carbons (Fsp3) is 0.586. The normalized spacial score (nSPS) is 17.2. The smallest absolute Gasteiger partial charge is 0.423 e. The molecule has 1 fully saturated rings. The van der Waals surface area contributed by atoms with E-state index in [1.165, 1.54) is 24.0 Å². The number of amides is 1. The molecule has 2 aromatic rings. The van der Waals surface area contributed by atoms with Crippen molar-refractivity contribution in [1.29, 1.82) is 0 Å². The Morgan fingerprint density at radius 3 is 2.28 bits per heavy atom. The van der Waals surface area contributed by atoms with Crippen LogP contribution in [0.5, 0.6) is 11.6 Å². The number of carboxylic acid groups (broad SMARTS) is 1. The highest BCUT2D eigenvalue weighted by molar-refractivity contribution is 6.03. The van der Waals surface area contributed by atoms with Gasteiger partial charge in [-0.05, 0) is 38.0 Å². The average Bonchev–Trinajstić information content (AvgIpc) is 2.94. The number of carbonyl (C=O) groups excluding carboxylic acids is 1. The van der Waals surface area contributed by atoms with Gasteiger partial charge in [0, 0.05) is 52.1 Å². The molecule has 0 atom stereocenters. The summed E-state index contributed by atoms with van der Waals surface area (Å²) in [7, 11) is 4.37. The SMILES string of the molecule is CCCN(C)c1ncc(C(F)(F)F)c(Oc2cc(C(=O)O)c(N(C(=O)[C@H]3CC[C@H](C)CC3)C(COC)COC)cc2F)n1. The topological polar surface area (TPSA) is 114 Å². The van der Waals surface area contributed by atoms with E-state index in [4.69, 9.17) is 14.2 Å². The van der Waals surface area contributed by atoms with E-state index in [-0.39, 0.29) is 24.8 Å². The van der Waals surface area contributed by atoms with Crippen LogP contribution in [-0.2, 0) is 20.4 Å². The Bertz CT molecular complexity index is 1260. The van der Waals surface area contributed by atoms with Gasteiger partial charge in [0.1, 0.15) is 5.56 Å². The fourth-order valence-electron chi connectivity index (χ4n) is 5.13. The third-order valence-electron chi connectivity index (χ3n) is 7.38. The van der Waals surface area contributed by atoms with E-state index in [2.05, 4.69) is 16.9 Å². The van der Waals surface area contributed by atoms with Crippen molar-refractivity contribution in [3.63, 3.8) is 0 Å². The highest BCUT2D eigenvalue weighted by Gasteiger charge is 2.38. The Morgan fingerprint density at radius 1 is 1.12 bits per heavy atom. The first-order chi connectivity index (χ1) is 20.3. The molecule has 0 radical (unpaired) electrons. The minimum atomic E-state index is -4.95. The maximum absolute atomic E-state index is 15.7. The predicted molar refractivity (Wildman–Crippen MR) is 150 cm³/mol. The highest BCUT2D eigenvalue weighted by Crippen LogP contribution is 2.40. The van der Waals surface area contributed by atoms with Gasteiger partial charge in [-0.3, -0.25) is 4.79 Å². The van der Waals surface area contributed by atoms with Crippen molar-refractivity contribution in [2.24, 2.45) is 11.8 Å². The number of carbonyl (C=O) groups is 2. The van der Waals surface area contributed by atoms with Crippen LogP contribution >= 0.6 is 0 Å². The van der Waals surface area contributed by atoms with Crippen LogP contribution in [0.1, 0.15) is 61.9 Å². The molecule has 1 aromatic carbocycles. The molecule has 1 aromatic heterocycles. The first kappa shape index (κ1) is 34.0. The van der Waals surface area contributed by atoms with Gasteiger partial charge in [-0.25, -0.2) is 14.2 Å². The molecule has 238 valence electrons. The lowest BCUT2D eigenvalue weighted by atomic mass is 9.82. The first-order valence-corrected chi connectivity index (χ1v) is 14.0. The summed E-state index contributed by atoms with van der Waals surface area (Å²) >= 11 is 0. The van der Waals surface area contributed by atoms with Crippen molar-refractivity contribution in [2.45, 2.75) is 58.2 Å². The van der Waals surface area contributed by atoms with Gasteiger partial charge < -0.3 is 29.1 Å². The lowest BCUT2D eigenvalue weighted by Crippen LogP contribution is -2.49. The molecule has 43 heavy (non-hydrogen) atoms. The van der Waals surface area contributed by atoms with Crippen LogP contribution in [0.2, 0.25) is 0 Å². The van der Waals surface area contributed by atoms with Gasteiger partial charge in [0.05, 0.1) is 30.5 Å². The van der Waals surface area contributed by atoms with E-state index in [9.17, 15) is 27.9 Å². The molecular formula is C29H38F4N4O6. The van der Waals surface area contributed by atoms with Gasteiger partial charge in [0.25, 0.3) is 0 Å².